The molecule has 2 rings (SSSR count). The molecule has 6 nitrogen and oxygen atoms in total. The summed E-state index contributed by atoms with van der Waals surface area (Å²) in [6.07, 6.45) is 4.47. The van der Waals surface area contributed by atoms with Crippen molar-refractivity contribution in [1.29, 1.82) is 0 Å². The summed E-state index contributed by atoms with van der Waals surface area (Å²) in [6, 6.07) is 7.51. The zero-order valence-corrected chi connectivity index (χ0v) is 12.1. The molecule has 0 aliphatic rings. The summed E-state index contributed by atoms with van der Waals surface area (Å²) in [5.74, 6) is 0.149. The summed E-state index contributed by atoms with van der Waals surface area (Å²) in [4.78, 5) is 17.1. The average molecular weight is 288 g/mol. The fourth-order valence-electron chi connectivity index (χ4n) is 2.23. The van der Waals surface area contributed by atoms with E-state index in [2.05, 4.69) is 4.98 Å². The van der Waals surface area contributed by atoms with Crippen LogP contribution in [0.5, 0.6) is 0 Å². The van der Waals surface area contributed by atoms with E-state index in [1.54, 1.807) is 6.20 Å². The van der Waals surface area contributed by atoms with Crippen LogP contribution in [0.2, 0.25) is 0 Å². The molecule has 0 atom stereocenters. The van der Waals surface area contributed by atoms with Gasteiger partial charge in [0, 0.05) is 39.0 Å². The lowest BCUT2D eigenvalue weighted by Crippen LogP contribution is -2.29. The van der Waals surface area contributed by atoms with Crippen molar-refractivity contribution in [1.82, 2.24) is 9.55 Å². The number of nitrogen functional groups attached to an aromatic ring is 1. The van der Waals surface area contributed by atoms with Crippen molar-refractivity contribution >= 4 is 17.3 Å². The summed E-state index contributed by atoms with van der Waals surface area (Å²) in [7, 11) is 1.95. The molecule has 0 radical (unpaired) electrons. The third kappa shape index (κ3) is 3.98. The first-order valence-corrected chi connectivity index (χ1v) is 6.85. The van der Waals surface area contributed by atoms with Gasteiger partial charge in [-0.05, 0) is 12.1 Å². The Kier molecular flexibility index (Phi) is 4.81. The van der Waals surface area contributed by atoms with Crippen molar-refractivity contribution in [2.45, 2.75) is 12.8 Å². The number of hydrogen-bond donors (Lipinski definition) is 2. The molecule has 112 valence electrons. The summed E-state index contributed by atoms with van der Waals surface area (Å²) < 4.78 is 1.96. The third-order valence-electron chi connectivity index (χ3n) is 3.40. The number of aromatic nitrogens is 2. The number of carboxylic acid groups (broad SMARTS) is 1. The molecule has 0 saturated heterocycles. The standard InChI is InChI=1S/C15H20N4O2/c1-18-11-8-17-14(18)6-9-19(10-7-15(20)21)13-5-3-2-4-12(13)16/h2-5,8,11H,6-7,9-10,16H2,1H3,(H,20,21). The zero-order valence-electron chi connectivity index (χ0n) is 12.1. The maximum atomic E-state index is 10.8. The number of aliphatic carboxylic acids is 1. The van der Waals surface area contributed by atoms with Crippen molar-refractivity contribution in [2.75, 3.05) is 23.7 Å². The first kappa shape index (κ1) is 14.9. The zero-order chi connectivity index (χ0) is 15.2. The Morgan fingerprint density at radius 3 is 2.76 bits per heavy atom. The van der Waals surface area contributed by atoms with Gasteiger partial charge < -0.3 is 20.3 Å². The van der Waals surface area contributed by atoms with Gasteiger partial charge in [-0.1, -0.05) is 12.1 Å². The first-order valence-electron chi connectivity index (χ1n) is 6.85. The lowest BCUT2D eigenvalue weighted by molar-refractivity contribution is -0.136. The molecule has 21 heavy (non-hydrogen) atoms. The van der Waals surface area contributed by atoms with Gasteiger partial charge >= 0.3 is 5.97 Å². The normalized spacial score (nSPS) is 10.5. The number of aryl methyl sites for hydroxylation is 1. The molecule has 0 aliphatic carbocycles. The number of rotatable bonds is 7. The molecule has 6 heteroatoms. The minimum Gasteiger partial charge on any atom is -0.481 e. The fraction of sp³-hybridized carbons (Fsp3) is 0.333. The second kappa shape index (κ2) is 6.78. The van der Waals surface area contributed by atoms with Crippen LogP contribution in [-0.2, 0) is 18.3 Å². The summed E-state index contributed by atoms with van der Waals surface area (Å²) in [6.45, 7) is 1.10. The molecule has 2 aromatic rings. The van der Waals surface area contributed by atoms with Gasteiger partial charge in [-0.3, -0.25) is 4.79 Å². The second-order valence-corrected chi connectivity index (χ2v) is 4.89. The Morgan fingerprint density at radius 1 is 1.38 bits per heavy atom. The Balaban J connectivity index is 2.10. The maximum absolute atomic E-state index is 10.8. The van der Waals surface area contributed by atoms with Gasteiger partial charge in [-0.15, -0.1) is 0 Å². The van der Waals surface area contributed by atoms with Gasteiger partial charge in [0.25, 0.3) is 0 Å². The summed E-state index contributed by atoms with van der Waals surface area (Å²) >= 11 is 0. The smallest absolute Gasteiger partial charge is 0.305 e. The molecular weight excluding hydrogens is 268 g/mol. The predicted octanol–water partition coefficient (Wildman–Crippen LogP) is 1.53. The van der Waals surface area contributed by atoms with Gasteiger partial charge in [0.1, 0.15) is 5.82 Å². The van der Waals surface area contributed by atoms with Gasteiger partial charge in [-0.2, -0.15) is 0 Å². The Labute approximate surface area is 123 Å². The summed E-state index contributed by atoms with van der Waals surface area (Å²) in [5, 5.41) is 8.90. The van der Waals surface area contributed by atoms with Gasteiger partial charge in [0.2, 0.25) is 0 Å². The van der Waals surface area contributed by atoms with Crippen LogP contribution >= 0.6 is 0 Å². The van der Waals surface area contributed by atoms with Gasteiger partial charge in [-0.25, -0.2) is 4.98 Å². The molecule has 0 amide bonds. The number of carboxylic acids is 1. The first-order chi connectivity index (χ1) is 10.1. The number of carbonyl (C=O) groups is 1. The van der Waals surface area contributed by atoms with Gasteiger partial charge in [0.15, 0.2) is 0 Å². The molecule has 0 aliphatic heterocycles. The number of para-hydroxylation sites is 2. The van der Waals surface area contributed by atoms with Crippen LogP contribution in [0.25, 0.3) is 0 Å². The quantitative estimate of drug-likeness (QED) is 0.755. The fourth-order valence-corrected chi connectivity index (χ4v) is 2.23. The molecule has 3 N–H and O–H groups in total. The summed E-state index contributed by atoms with van der Waals surface area (Å²) in [5.41, 5.74) is 7.52. The number of nitrogens with zero attached hydrogens (tertiary/aromatic N) is 3. The van der Waals surface area contributed by atoms with Crippen LogP contribution in [-0.4, -0.2) is 33.7 Å². The van der Waals surface area contributed by atoms with Crippen molar-refractivity contribution in [3.05, 3.63) is 42.5 Å². The Hall–Kier alpha value is -2.50. The van der Waals surface area contributed by atoms with Crippen LogP contribution in [0, 0.1) is 0 Å². The third-order valence-corrected chi connectivity index (χ3v) is 3.40. The van der Waals surface area contributed by atoms with E-state index in [9.17, 15) is 4.79 Å². The van der Waals surface area contributed by atoms with E-state index in [-0.39, 0.29) is 6.42 Å². The van der Waals surface area contributed by atoms with Gasteiger partial charge in [0.05, 0.1) is 17.8 Å². The highest BCUT2D eigenvalue weighted by Gasteiger charge is 2.12. The molecule has 0 spiro atoms. The van der Waals surface area contributed by atoms with E-state index < -0.39 is 5.97 Å². The topological polar surface area (TPSA) is 84.4 Å². The number of imidazole rings is 1. The van der Waals surface area contributed by atoms with Crippen molar-refractivity contribution in [3.8, 4) is 0 Å². The monoisotopic (exact) mass is 288 g/mol. The van der Waals surface area contributed by atoms with Crippen molar-refractivity contribution < 1.29 is 9.90 Å². The second-order valence-electron chi connectivity index (χ2n) is 4.89. The average Bonchev–Trinajstić information content (AvgIpc) is 2.85. The number of benzene rings is 1. The number of nitrogens with two attached hydrogens (primary N) is 1. The highest BCUT2D eigenvalue weighted by atomic mass is 16.4. The molecule has 0 fully saturated rings. The van der Waals surface area contributed by atoms with Crippen molar-refractivity contribution in [2.24, 2.45) is 7.05 Å². The van der Waals surface area contributed by atoms with Crippen LogP contribution in [0.1, 0.15) is 12.2 Å². The van der Waals surface area contributed by atoms with Crippen LogP contribution in [0.3, 0.4) is 0 Å². The van der Waals surface area contributed by atoms with E-state index in [0.29, 0.717) is 18.8 Å². The Bertz CT molecular complexity index is 609. The van der Waals surface area contributed by atoms with E-state index in [0.717, 1.165) is 17.9 Å². The largest absolute Gasteiger partial charge is 0.481 e. The SMILES string of the molecule is Cn1ccnc1CCN(CCC(=O)O)c1ccccc1N. The molecule has 1 aromatic carbocycles. The molecular formula is C15H20N4O2. The highest BCUT2D eigenvalue weighted by molar-refractivity contribution is 5.70. The molecule has 1 heterocycles. The molecule has 1 aromatic heterocycles. The lowest BCUT2D eigenvalue weighted by atomic mass is 10.2. The molecule has 0 unspecified atom stereocenters. The van der Waals surface area contributed by atoms with Crippen LogP contribution < -0.4 is 10.6 Å². The maximum Gasteiger partial charge on any atom is 0.305 e. The lowest BCUT2D eigenvalue weighted by Gasteiger charge is -2.25. The van der Waals surface area contributed by atoms with E-state index in [4.69, 9.17) is 10.8 Å². The Morgan fingerprint density at radius 2 is 2.14 bits per heavy atom. The van der Waals surface area contributed by atoms with Crippen LogP contribution in [0.4, 0.5) is 11.4 Å². The van der Waals surface area contributed by atoms with E-state index in [1.807, 2.05) is 47.0 Å². The van der Waals surface area contributed by atoms with E-state index >= 15 is 0 Å². The van der Waals surface area contributed by atoms with E-state index in [1.165, 1.54) is 0 Å². The minimum atomic E-state index is -0.813. The predicted molar refractivity (Wildman–Crippen MR) is 82.2 cm³/mol. The minimum absolute atomic E-state index is 0.0783. The molecule has 0 saturated carbocycles. The number of anilines is 2. The number of hydrogen-bond acceptors (Lipinski definition) is 4. The van der Waals surface area contributed by atoms with Crippen LogP contribution in [0.15, 0.2) is 36.7 Å². The highest BCUT2D eigenvalue weighted by Crippen LogP contribution is 2.22. The van der Waals surface area contributed by atoms with Crippen molar-refractivity contribution in [3.63, 3.8) is 0 Å². The molecule has 0 bridgehead atoms.